The fourth-order valence-corrected chi connectivity index (χ4v) is 2.29. The predicted octanol–water partition coefficient (Wildman–Crippen LogP) is 1.12. The third kappa shape index (κ3) is 3.94. The highest BCUT2D eigenvalue weighted by atomic mass is 35.7. The molecule has 1 heterocycles. The summed E-state index contributed by atoms with van der Waals surface area (Å²) >= 11 is 0. The molecule has 1 aliphatic heterocycles. The molecule has 3 nitrogen and oxygen atoms in total. The molecule has 66 valence electrons. The average Bonchev–Trinajstić information content (AvgIpc) is 1.85. The number of halogens is 1. The second-order valence-corrected chi connectivity index (χ2v) is 5.52. The number of hydrogen-bond acceptors (Lipinski definition) is 3. The maximum Gasteiger partial charge on any atom is 0.235 e. The molecule has 0 aromatic rings. The highest BCUT2D eigenvalue weighted by molar-refractivity contribution is 8.13. The van der Waals surface area contributed by atoms with Crippen LogP contribution in [0.2, 0.25) is 0 Å². The molecule has 1 atom stereocenters. The minimum absolute atomic E-state index is 0.0471. The fraction of sp³-hybridized carbons (Fsp3) is 1.00. The van der Waals surface area contributed by atoms with Crippen LogP contribution in [0, 0.1) is 0 Å². The molecule has 0 saturated carbocycles. The van der Waals surface area contributed by atoms with Crippen molar-refractivity contribution in [1.29, 1.82) is 0 Å². The highest BCUT2D eigenvalue weighted by Crippen LogP contribution is 2.15. The monoisotopic (exact) mass is 198 g/mol. The predicted molar refractivity (Wildman–Crippen MR) is 43.2 cm³/mol. The highest BCUT2D eigenvalue weighted by Gasteiger charge is 2.19. The fourth-order valence-electron chi connectivity index (χ4n) is 1.16. The summed E-state index contributed by atoms with van der Waals surface area (Å²) in [7, 11) is 1.68. The van der Waals surface area contributed by atoms with E-state index in [1.54, 1.807) is 0 Å². The van der Waals surface area contributed by atoms with Gasteiger partial charge in [0, 0.05) is 17.3 Å². The maximum atomic E-state index is 10.6. The van der Waals surface area contributed by atoms with E-state index in [2.05, 4.69) is 0 Å². The summed E-state index contributed by atoms with van der Waals surface area (Å²) in [5, 5.41) is 0. The van der Waals surface area contributed by atoms with Gasteiger partial charge in [-0.05, 0) is 19.3 Å². The van der Waals surface area contributed by atoms with Gasteiger partial charge in [0.25, 0.3) is 0 Å². The molecule has 11 heavy (non-hydrogen) atoms. The van der Waals surface area contributed by atoms with Gasteiger partial charge in [0.05, 0.1) is 11.9 Å². The molecule has 1 fully saturated rings. The van der Waals surface area contributed by atoms with Crippen LogP contribution in [-0.4, -0.2) is 26.9 Å². The van der Waals surface area contributed by atoms with Gasteiger partial charge in [0.15, 0.2) is 0 Å². The third-order valence-electron chi connectivity index (χ3n) is 1.66. The zero-order valence-corrected chi connectivity index (χ0v) is 7.70. The Bertz CT molecular complexity index is 206. The van der Waals surface area contributed by atoms with Gasteiger partial charge in [-0.1, -0.05) is 0 Å². The zero-order chi connectivity index (χ0) is 8.32. The van der Waals surface area contributed by atoms with Crippen molar-refractivity contribution in [2.24, 2.45) is 0 Å². The van der Waals surface area contributed by atoms with E-state index in [9.17, 15) is 8.42 Å². The molecular formula is C6H11ClO3S. The van der Waals surface area contributed by atoms with Crippen LogP contribution < -0.4 is 0 Å². The molecule has 0 unspecified atom stereocenters. The Morgan fingerprint density at radius 1 is 1.45 bits per heavy atom. The number of hydrogen-bond donors (Lipinski definition) is 0. The molecule has 1 saturated heterocycles. The summed E-state index contributed by atoms with van der Waals surface area (Å²) in [4.78, 5) is 0. The van der Waals surface area contributed by atoms with Gasteiger partial charge in [0.2, 0.25) is 9.05 Å². The quantitative estimate of drug-likeness (QED) is 0.625. The molecule has 0 aromatic heterocycles. The van der Waals surface area contributed by atoms with Crippen LogP contribution in [0.1, 0.15) is 19.3 Å². The van der Waals surface area contributed by atoms with E-state index < -0.39 is 9.05 Å². The van der Waals surface area contributed by atoms with Gasteiger partial charge < -0.3 is 4.74 Å². The first-order valence-corrected chi connectivity index (χ1v) is 6.10. The van der Waals surface area contributed by atoms with E-state index in [4.69, 9.17) is 15.4 Å². The van der Waals surface area contributed by atoms with E-state index in [0.29, 0.717) is 6.61 Å². The Morgan fingerprint density at radius 3 is 2.64 bits per heavy atom. The standard InChI is InChI=1S/C6H11ClO3S/c7-11(8,9)5-6-3-1-2-4-10-6/h6H,1-5H2/t6-/m1/s1. The van der Waals surface area contributed by atoms with Crippen LogP contribution in [0.3, 0.4) is 0 Å². The summed E-state index contributed by atoms with van der Waals surface area (Å²) in [6.45, 7) is 0.664. The van der Waals surface area contributed by atoms with Crippen LogP contribution in [0.25, 0.3) is 0 Å². The molecule has 0 amide bonds. The molecule has 0 aromatic carbocycles. The van der Waals surface area contributed by atoms with Crippen molar-refractivity contribution in [3.8, 4) is 0 Å². The molecule has 0 radical (unpaired) electrons. The van der Waals surface area contributed by atoms with Crippen LogP contribution in [0.15, 0.2) is 0 Å². The van der Waals surface area contributed by atoms with Crippen LogP contribution in [0.5, 0.6) is 0 Å². The van der Waals surface area contributed by atoms with Crippen molar-refractivity contribution in [2.75, 3.05) is 12.4 Å². The van der Waals surface area contributed by atoms with Crippen molar-refractivity contribution in [3.05, 3.63) is 0 Å². The normalized spacial score (nSPS) is 26.8. The van der Waals surface area contributed by atoms with E-state index in [-0.39, 0.29) is 11.9 Å². The van der Waals surface area contributed by atoms with E-state index in [1.807, 2.05) is 0 Å². The molecular weight excluding hydrogens is 188 g/mol. The zero-order valence-electron chi connectivity index (χ0n) is 6.12. The van der Waals surface area contributed by atoms with Crippen LogP contribution in [0.4, 0.5) is 0 Å². The topological polar surface area (TPSA) is 43.4 Å². The SMILES string of the molecule is O=S(=O)(Cl)C[C@H]1CCCCO1. The Balaban J connectivity index is 2.36. The van der Waals surface area contributed by atoms with Crippen molar-refractivity contribution in [3.63, 3.8) is 0 Å². The molecule has 1 aliphatic rings. The molecule has 5 heteroatoms. The third-order valence-corrected chi connectivity index (χ3v) is 2.81. The van der Waals surface area contributed by atoms with Gasteiger partial charge in [-0.15, -0.1) is 0 Å². The van der Waals surface area contributed by atoms with Crippen molar-refractivity contribution in [2.45, 2.75) is 25.4 Å². The lowest BCUT2D eigenvalue weighted by Crippen LogP contribution is -2.25. The Morgan fingerprint density at radius 2 is 2.18 bits per heavy atom. The lowest BCUT2D eigenvalue weighted by molar-refractivity contribution is 0.0307. The molecule has 0 N–H and O–H groups in total. The lowest BCUT2D eigenvalue weighted by Gasteiger charge is -2.20. The van der Waals surface area contributed by atoms with Crippen LogP contribution >= 0.6 is 10.7 Å². The van der Waals surface area contributed by atoms with E-state index in [1.165, 1.54) is 0 Å². The Kier molecular flexibility index (Phi) is 3.16. The summed E-state index contributed by atoms with van der Waals surface area (Å²) in [5.41, 5.74) is 0. The van der Waals surface area contributed by atoms with E-state index in [0.717, 1.165) is 19.3 Å². The number of ether oxygens (including phenoxy) is 1. The summed E-state index contributed by atoms with van der Waals surface area (Å²) < 4.78 is 26.4. The number of rotatable bonds is 2. The summed E-state index contributed by atoms with van der Waals surface area (Å²) in [5.74, 6) is -0.0471. The van der Waals surface area contributed by atoms with Crippen LogP contribution in [-0.2, 0) is 13.8 Å². The van der Waals surface area contributed by atoms with Crippen molar-refractivity contribution in [1.82, 2.24) is 0 Å². The Labute approximate surface area is 71.1 Å². The van der Waals surface area contributed by atoms with Gasteiger partial charge in [-0.25, -0.2) is 8.42 Å². The molecule has 1 rings (SSSR count). The van der Waals surface area contributed by atoms with Crippen molar-refractivity contribution >= 4 is 19.7 Å². The molecule has 0 bridgehead atoms. The Hall–Kier alpha value is 0.200. The largest absolute Gasteiger partial charge is 0.377 e. The first-order chi connectivity index (χ1) is 5.08. The van der Waals surface area contributed by atoms with Gasteiger partial charge in [-0.3, -0.25) is 0 Å². The molecule has 0 aliphatic carbocycles. The lowest BCUT2D eigenvalue weighted by atomic mass is 10.1. The molecule has 0 spiro atoms. The second-order valence-electron chi connectivity index (χ2n) is 2.69. The van der Waals surface area contributed by atoms with E-state index >= 15 is 0 Å². The van der Waals surface area contributed by atoms with Gasteiger partial charge >= 0.3 is 0 Å². The maximum absolute atomic E-state index is 10.6. The first-order valence-electron chi connectivity index (χ1n) is 3.62. The second kappa shape index (κ2) is 3.74. The summed E-state index contributed by atoms with van der Waals surface area (Å²) in [6, 6.07) is 0. The smallest absolute Gasteiger partial charge is 0.235 e. The first kappa shape index (κ1) is 9.29. The average molecular weight is 199 g/mol. The van der Waals surface area contributed by atoms with Gasteiger partial charge in [-0.2, -0.15) is 0 Å². The van der Waals surface area contributed by atoms with Gasteiger partial charge in [0.1, 0.15) is 0 Å². The minimum atomic E-state index is -3.38. The van der Waals surface area contributed by atoms with Crippen molar-refractivity contribution < 1.29 is 13.2 Å². The minimum Gasteiger partial charge on any atom is -0.377 e. The summed E-state index contributed by atoms with van der Waals surface area (Å²) in [6.07, 6.45) is 2.70.